The molecule has 1 rings (SSSR count). The number of hydrogen-bond donors (Lipinski definition) is 2. The molecule has 0 bridgehead atoms. The van der Waals surface area contributed by atoms with Crippen LogP contribution in [0.2, 0.25) is 0 Å². The third-order valence-corrected chi connectivity index (χ3v) is 3.11. The van der Waals surface area contributed by atoms with Crippen LogP contribution >= 0.6 is 0 Å². The maximum atomic E-state index is 9.48. The van der Waals surface area contributed by atoms with Crippen LogP contribution in [-0.2, 0) is 5.54 Å². The minimum absolute atomic E-state index is 0.0193. The number of rotatable bonds is 6. The lowest BCUT2D eigenvalue weighted by molar-refractivity contribution is 0.172. The van der Waals surface area contributed by atoms with Crippen molar-refractivity contribution >= 4 is 0 Å². The van der Waals surface area contributed by atoms with Gasteiger partial charge in [0.25, 0.3) is 0 Å². The first-order chi connectivity index (χ1) is 7.62. The Morgan fingerprint density at radius 3 is 2.44 bits per heavy atom. The van der Waals surface area contributed by atoms with Gasteiger partial charge in [-0.15, -0.1) is 0 Å². The molecule has 3 nitrogen and oxygen atoms in total. The van der Waals surface area contributed by atoms with Gasteiger partial charge in [0.2, 0.25) is 0 Å². The largest absolute Gasteiger partial charge is 0.394 e. The fourth-order valence-corrected chi connectivity index (χ4v) is 1.63. The van der Waals surface area contributed by atoms with Crippen LogP contribution in [0.25, 0.3) is 0 Å². The molecule has 1 atom stereocenters. The molecule has 90 valence electrons. The first-order valence-corrected chi connectivity index (χ1v) is 5.76. The Hall–Kier alpha value is -0.900. The zero-order valence-corrected chi connectivity index (χ0v) is 10.2. The third-order valence-electron chi connectivity index (χ3n) is 3.11. The molecule has 0 heterocycles. The minimum Gasteiger partial charge on any atom is -0.394 e. The Labute approximate surface area is 97.9 Å². The summed E-state index contributed by atoms with van der Waals surface area (Å²) in [5, 5.41) is 9.48. The van der Waals surface area contributed by atoms with Crippen molar-refractivity contribution in [1.82, 2.24) is 4.90 Å². The van der Waals surface area contributed by atoms with Gasteiger partial charge in [-0.05, 0) is 32.1 Å². The van der Waals surface area contributed by atoms with Gasteiger partial charge in [0, 0.05) is 0 Å². The molecule has 0 radical (unpaired) electrons. The molecule has 0 fully saturated rings. The molecule has 3 heteroatoms. The first-order valence-electron chi connectivity index (χ1n) is 5.76. The molecule has 1 aromatic carbocycles. The molecular formula is C13H22N2O. The lowest BCUT2D eigenvalue weighted by Gasteiger charge is -2.29. The summed E-state index contributed by atoms with van der Waals surface area (Å²) >= 11 is 0. The molecule has 1 aromatic rings. The smallest absolute Gasteiger partial charge is 0.0656 e. The van der Waals surface area contributed by atoms with Gasteiger partial charge in [-0.2, -0.15) is 0 Å². The van der Waals surface area contributed by atoms with Crippen molar-refractivity contribution in [3.05, 3.63) is 35.9 Å². The zero-order chi connectivity index (χ0) is 12.0. The summed E-state index contributed by atoms with van der Waals surface area (Å²) in [6, 6.07) is 9.82. The van der Waals surface area contributed by atoms with Crippen molar-refractivity contribution in [3.8, 4) is 0 Å². The molecule has 0 aliphatic heterocycles. The van der Waals surface area contributed by atoms with Crippen LogP contribution < -0.4 is 5.73 Å². The molecular weight excluding hydrogens is 200 g/mol. The highest BCUT2D eigenvalue weighted by molar-refractivity contribution is 5.24. The Kier molecular flexibility index (Phi) is 4.93. The SMILES string of the molecule is CCN(C)CCC(N)(CO)c1ccccc1. The normalized spacial score (nSPS) is 15.1. The van der Waals surface area contributed by atoms with Crippen LogP contribution in [0, 0.1) is 0 Å². The molecule has 0 aliphatic rings. The lowest BCUT2D eigenvalue weighted by Crippen LogP contribution is -2.43. The van der Waals surface area contributed by atoms with Crippen LogP contribution in [0.4, 0.5) is 0 Å². The lowest BCUT2D eigenvalue weighted by atomic mass is 9.88. The fraction of sp³-hybridized carbons (Fsp3) is 0.538. The van der Waals surface area contributed by atoms with Gasteiger partial charge in [0.1, 0.15) is 0 Å². The molecule has 0 saturated heterocycles. The predicted molar refractivity (Wildman–Crippen MR) is 67.2 cm³/mol. The van der Waals surface area contributed by atoms with Crippen LogP contribution in [0.15, 0.2) is 30.3 Å². The monoisotopic (exact) mass is 222 g/mol. The van der Waals surface area contributed by atoms with Crippen molar-refractivity contribution in [3.63, 3.8) is 0 Å². The van der Waals surface area contributed by atoms with Gasteiger partial charge in [-0.25, -0.2) is 0 Å². The Morgan fingerprint density at radius 2 is 1.94 bits per heavy atom. The summed E-state index contributed by atoms with van der Waals surface area (Å²) in [6.45, 7) is 3.98. The molecule has 0 saturated carbocycles. The van der Waals surface area contributed by atoms with E-state index < -0.39 is 5.54 Å². The highest BCUT2D eigenvalue weighted by Gasteiger charge is 2.26. The summed E-state index contributed by atoms with van der Waals surface area (Å²) < 4.78 is 0. The predicted octanol–water partition coefficient (Wildman–Crippen LogP) is 1.17. The number of nitrogens with two attached hydrogens (primary N) is 1. The van der Waals surface area contributed by atoms with Crippen molar-refractivity contribution < 1.29 is 5.11 Å². The molecule has 3 N–H and O–H groups in total. The summed E-state index contributed by atoms with van der Waals surface area (Å²) in [5.74, 6) is 0. The second-order valence-corrected chi connectivity index (χ2v) is 4.33. The second-order valence-electron chi connectivity index (χ2n) is 4.33. The molecule has 0 aliphatic carbocycles. The van der Waals surface area contributed by atoms with Gasteiger partial charge < -0.3 is 15.7 Å². The van der Waals surface area contributed by atoms with E-state index in [0.717, 1.165) is 25.1 Å². The second kappa shape index (κ2) is 5.99. The maximum absolute atomic E-state index is 9.48. The van der Waals surface area contributed by atoms with Crippen LogP contribution in [0.3, 0.4) is 0 Å². The quantitative estimate of drug-likeness (QED) is 0.760. The number of hydrogen-bond acceptors (Lipinski definition) is 3. The Bertz CT molecular complexity index is 302. The van der Waals surface area contributed by atoms with Gasteiger partial charge in [0.15, 0.2) is 0 Å². The molecule has 16 heavy (non-hydrogen) atoms. The molecule has 0 spiro atoms. The highest BCUT2D eigenvalue weighted by atomic mass is 16.3. The average molecular weight is 222 g/mol. The third kappa shape index (κ3) is 3.30. The highest BCUT2D eigenvalue weighted by Crippen LogP contribution is 2.21. The van der Waals surface area contributed by atoms with E-state index in [0.29, 0.717) is 0 Å². The van der Waals surface area contributed by atoms with E-state index in [1.807, 2.05) is 30.3 Å². The maximum Gasteiger partial charge on any atom is 0.0656 e. The summed E-state index contributed by atoms with van der Waals surface area (Å²) in [6.07, 6.45) is 0.762. The molecule has 1 unspecified atom stereocenters. The standard InChI is InChI=1S/C13H22N2O/c1-3-15(2)10-9-13(14,11-16)12-7-5-4-6-8-12/h4-8,16H,3,9-11,14H2,1-2H3. The summed E-state index contributed by atoms with van der Waals surface area (Å²) in [7, 11) is 2.06. The van der Waals surface area contributed by atoms with Gasteiger partial charge in [-0.3, -0.25) is 0 Å². The minimum atomic E-state index is -0.620. The summed E-state index contributed by atoms with van der Waals surface area (Å²) in [5.41, 5.74) is 6.63. The topological polar surface area (TPSA) is 49.5 Å². The van der Waals surface area contributed by atoms with E-state index in [1.54, 1.807) is 0 Å². The molecule has 0 amide bonds. The number of aliphatic hydroxyl groups is 1. The number of benzene rings is 1. The molecule has 0 aromatic heterocycles. The van der Waals surface area contributed by atoms with Crippen molar-refractivity contribution in [2.45, 2.75) is 18.9 Å². The fourth-order valence-electron chi connectivity index (χ4n) is 1.63. The van der Waals surface area contributed by atoms with E-state index in [9.17, 15) is 5.11 Å². The van der Waals surface area contributed by atoms with E-state index in [4.69, 9.17) is 5.73 Å². The van der Waals surface area contributed by atoms with E-state index in [-0.39, 0.29) is 6.61 Å². The first kappa shape index (κ1) is 13.2. The Morgan fingerprint density at radius 1 is 1.31 bits per heavy atom. The van der Waals surface area contributed by atoms with E-state index in [1.165, 1.54) is 0 Å². The number of aliphatic hydroxyl groups excluding tert-OH is 1. The van der Waals surface area contributed by atoms with Crippen molar-refractivity contribution in [2.24, 2.45) is 5.73 Å². The van der Waals surface area contributed by atoms with E-state index in [2.05, 4.69) is 18.9 Å². The van der Waals surface area contributed by atoms with Gasteiger partial charge in [0.05, 0.1) is 12.1 Å². The van der Waals surface area contributed by atoms with Crippen LogP contribution in [0.5, 0.6) is 0 Å². The van der Waals surface area contributed by atoms with Crippen LogP contribution in [-0.4, -0.2) is 36.8 Å². The van der Waals surface area contributed by atoms with Crippen LogP contribution in [0.1, 0.15) is 18.9 Å². The zero-order valence-electron chi connectivity index (χ0n) is 10.2. The van der Waals surface area contributed by atoms with Crippen molar-refractivity contribution in [1.29, 1.82) is 0 Å². The Balaban J connectivity index is 2.70. The van der Waals surface area contributed by atoms with Gasteiger partial charge >= 0.3 is 0 Å². The van der Waals surface area contributed by atoms with Gasteiger partial charge in [-0.1, -0.05) is 37.3 Å². The average Bonchev–Trinajstić information content (AvgIpc) is 2.36. The van der Waals surface area contributed by atoms with E-state index >= 15 is 0 Å². The number of nitrogens with zero attached hydrogens (tertiary/aromatic N) is 1. The summed E-state index contributed by atoms with van der Waals surface area (Å²) in [4.78, 5) is 2.19. The van der Waals surface area contributed by atoms with Crippen molar-refractivity contribution in [2.75, 3.05) is 26.7 Å².